The van der Waals surface area contributed by atoms with E-state index in [1.54, 1.807) is 6.92 Å². The number of nitrogens with one attached hydrogen (secondary N) is 1. The van der Waals surface area contributed by atoms with Crippen LogP contribution < -0.4 is 11.1 Å². The van der Waals surface area contributed by atoms with Crippen molar-refractivity contribution < 1.29 is 44.2 Å². The molecule has 62 heavy (non-hydrogen) atoms. The molecular formula is C48H93N5O9. The summed E-state index contributed by atoms with van der Waals surface area (Å²) in [6.07, 6.45) is -5.42. The van der Waals surface area contributed by atoms with Crippen LogP contribution in [-0.2, 0) is 23.7 Å². The van der Waals surface area contributed by atoms with Crippen molar-refractivity contribution in [3.8, 4) is 0 Å². The van der Waals surface area contributed by atoms with E-state index in [4.69, 9.17) is 24.7 Å². The molecule has 1 saturated heterocycles. The predicted octanol–water partition coefficient (Wildman–Crippen LogP) is 5.27. The van der Waals surface area contributed by atoms with Gasteiger partial charge < -0.3 is 50.4 Å². The second kappa shape index (κ2) is 19.4. The van der Waals surface area contributed by atoms with E-state index in [9.17, 15) is 25.2 Å². The van der Waals surface area contributed by atoms with Crippen LogP contribution in [0.3, 0.4) is 0 Å². The molecule has 364 valence electrons. The van der Waals surface area contributed by atoms with E-state index in [1.807, 2.05) is 41.5 Å². The summed E-state index contributed by atoms with van der Waals surface area (Å²) in [6, 6.07) is -2.53. The molecule has 12 atom stereocenters. The molecule has 1 amide bonds. The number of amides is 1. The van der Waals surface area contributed by atoms with Crippen molar-refractivity contribution in [2.75, 3.05) is 13.2 Å². The van der Waals surface area contributed by atoms with Crippen LogP contribution in [0.4, 0.5) is 0 Å². The SMILES string of the molecule is CC(C)N([C@H]1C[C@@H](NC(=O)[C@@H](O)CCN)[C@H](O[C@H]2OC[C@](C)(O)[C@H](N(C(C)(C)C)C(C)(C)C)[C@H]2O)[C@@H](O)[C@@H]1O[C@H]1OC(C(C)(C)C)=CC[C@H]1N(C(C)(C)C)C(C)(C)C)C(C)(C)C. The minimum atomic E-state index is -1.48. The quantitative estimate of drug-likeness (QED) is 0.149. The zero-order valence-corrected chi connectivity index (χ0v) is 42.8. The Kier molecular flexibility index (Phi) is 17.2. The third kappa shape index (κ3) is 12.9. The molecule has 0 aromatic heterocycles. The summed E-state index contributed by atoms with van der Waals surface area (Å²) in [4.78, 5) is 20.6. The molecule has 2 aliphatic heterocycles. The molecule has 0 aromatic carbocycles. The summed E-state index contributed by atoms with van der Waals surface area (Å²) in [7, 11) is 0. The Bertz CT molecular complexity index is 1470. The van der Waals surface area contributed by atoms with E-state index in [0.29, 0.717) is 6.42 Å². The van der Waals surface area contributed by atoms with Crippen molar-refractivity contribution in [2.24, 2.45) is 11.1 Å². The highest BCUT2D eigenvalue weighted by Gasteiger charge is 2.58. The van der Waals surface area contributed by atoms with Gasteiger partial charge in [0.15, 0.2) is 6.29 Å². The standard InChI is InChI=1S/C48H93N5O9/c1-28(2)51(43(6,7)8)31-26-29(50-39(57)32(54)24-25-49)36(61-41-35(56)38(48(21,58)27-59-41)53(46(15,16)17)47(18,19)20)34(55)37(31)62-40-30(22-23-33(60-40)42(3,4)5)52(44(9,10)11)45(12,13)14/h23,28-32,34-38,40-41,54-56,58H,22,24-27,49H2,1-21H3,(H,50,57)/t29-,30-,31+,32+,34-,35-,36+,37-,38-,40-,41-,48+/m1/s1. The van der Waals surface area contributed by atoms with Crippen LogP contribution in [0.25, 0.3) is 0 Å². The number of nitrogens with two attached hydrogens (primary N) is 1. The molecule has 14 heteroatoms. The number of ether oxygens (including phenoxy) is 4. The average molecular weight is 884 g/mol. The minimum absolute atomic E-state index is 0.0315. The minimum Gasteiger partial charge on any atom is -0.467 e. The van der Waals surface area contributed by atoms with Gasteiger partial charge in [0.2, 0.25) is 12.2 Å². The van der Waals surface area contributed by atoms with Gasteiger partial charge in [0.05, 0.1) is 24.7 Å². The van der Waals surface area contributed by atoms with E-state index >= 15 is 0 Å². The molecule has 1 saturated carbocycles. The van der Waals surface area contributed by atoms with Gasteiger partial charge in [0, 0.05) is 45.2 Å². The van der Waals surface area contributed by atoms with Crippen LogP contribution in [0, 0.1) is 5.41 Å². The van der Waals surface area contributed by atoms with Crippen molar-refractivity contribution in [3.63, 3.8) is 0 Å². The van der Waals surface area contributed by atoms with E-state index in [-0.39, 0.29) is 54.6 Å². The smallest absolute Gasteiger partial charge is 0.249 e. The highest BCUT2D eigenvalue weighted by molar-refractivity contribution is 5.80. The van der Waals surface area contributed by atoms with Crippen molar-refractivity contribution in [1.82, 2.24) is 20.0 Å². The molecule has 0 aromatic rings. The Labute approximate surface area is 376 Å². The molecule has 7 N–H and O–H groups in total. The van der Waals surface area contributed by atoms with Crippen LogP contribution in [0.1, 0.15) is 165 Å². The first-order chi connectivity index (χ1) is 27.8. The predicted molar refractivity (Wildman–Crippen MR) is 246 cm³/mol. The zero-order valence-electron chi connectivity index (χ0n) is 42.8. The van der Waals surface area contributed by atoms with Gasteiger partial charge in [-0.05, 0) is 157 Å². The van der Waals surface area contributed by atoms with Crippen LogP contribution >= 0.6 is 0 Å². The van der Waals surface area contributed by atoms with E-state index in [0.717, 1.165) is 5.76 Å². The summed E-state index contributed by atoms with van der Waals surface area (Å²) in [5.74, 6) is 0.149. The number of aliphatic hydroxyl groups excluding tert-OH is 3. The lowest BCUT2D eigenvalue weighted by molar-refractivity contribution is -0.326. The average Bonchev–Trinajstić information content (AvgIpc) is 3.04. The normalized spacial score (nSPS) is 32.9. The topological polar surface area (TPSA) is 183 Å². The van der Waals surface area contributed by atoms with E-state index < -0.39 is 89.4 Å². The molecule has 0 bridgehead atoms. The molecule has 3 rings (SSSR count). The number of carbonyl (C=O) groups excluding carboxylic acids is 1. The highest BCUT2D eigenvalue weighted by atomic mass is 16.7. The monoisotopic (exact) mass is 884 g/mol. The second-order valence-corrected chi connectivity index (χ2v) is 24.9. The zero-order chi connectivity index (χ0) is 48.1. The van der Waals surface area contributed by atoms with E-state index in [1.165, 1.54) is 0 Å². The second-order valence-electron chi connectivity index (χ2n) is 24.9. The van der Waals surface area contributed by atoms with Gasteiger partial charge in [-0.25, -0.2) is 0 Å². The van der Waals surface area contributed by atoms with Gasteiger partial charge in [0.1, 0.15) is 41.9 Å². The molecule has 1 aliphatic carbocycles. The first-order valence-corrected chi connectivity index (χ1v) is 23.2. The first-order valence-electron chi connectivity index (χ1n) is 23.2. The molecule has 0 unspecified atom stereocenters. The number of carbonyl (C=O) groups is 1. The highest BCUT2D eigenvalue weighted by Crippen LogP contribution is 2.43. The van der Waals surface area contributed by atoms with Gasteiger partial charge in [-0.3, -0.25) is 19.5 Å². The van der Waals surface area contributed by atoms with Crippen LogP contribution in [0.5, 0.6) is 0 Å². The third-order valence-electron chi connectivity index (χ3n) is 12.4. The molecule has 14 nitrogen and oxygen atoms in total. The summed E-state index contributed by atoms with van der Waals surface area (Å²) in [6.45, 7) is 43.8. The summed E-state index contributed by atoms with van der Waals surface area (Å²) < 4.78 is 27.3. The number of rotatable bonds is 12. The summed E-state index contributed by atoms with van der Waals surface area (Å²) >= 11 is 0. The van der Waals surface area contributed by atoms with Gasteiger partial charge in [-0.15, -0.1) is 0 Å². The molecule has 0 radical (unpaired) electrons. The van der Waals surface area contributed by atoms with Crippen LogP contribution in [-0.4, -0.2) is 161 Å². The molecular weight excluding hydrogens is 791 g/mol. The number of nitrogens with zero attached hydrogens (tertiary/aromatic N) is 3. The lowest BCUT2D eigenvalue weighted by atomic mass is 9.79. The molecule has 3 aliphatic rings. The van der Waals surface area contributed by atoms with Gasteiger partial charge in [-0.2, -0.15) is 0 Å². The largest absolute Gasteiger partial charge is 0.467 e. The number of aliphatic hydroxyl groups is 4. The lowest BCUT2D eigenvalue weighted by Crippen LogP contribution is -2.74. The van der Waals surface area contributed by atoms with Crippen molar-refractivity contribution in [2.45, 2.75) is 271 Å². The van der Waals surface area contributed by atoms with Crippen LogP contribution in [0.15, 0.2) is 11.8 Å². The Morgan fingerprint density at radius 1 is 0.806 bits per heavy atom. The van der Waals surface area contributed by atoms with Crippen molar-refractivity contribution >= 4 is 5.91 Å². The maximum atomic E-state index is 13.7. The summed E-state index contributed by atoms with van der Waals surface area (Å²) in [5, 5.41) is 51.2. The van der Waals surface area contributed by atoms with E-state index in [2.05, 4.69) is 123 Å². The van der Waals surface area contributed by atoms with Crippen molar-refractivity contribution in [3.05, 3.63) is 11.8 Å². The fraction of sp³-hybridized carbons (Fsp3) is 0.938. The third-order valence-corrected chi connectivity index (χ3v) is 12.4. The number of hydrogen-bond donors (Lipinski definition) is 6. The van der Waals surface area contributed by atoms with Gasteiger partial charge in [0.25, 0.3) is 0 Å². The molecule has 0 spiro atoms. The summed E-state index contributed by atoms with van der Waals surface area (Å²) in [5.41, 5.74) is 1.93. The fourth-order valence-corrected chi connectivity index (χ4v) is 11.2. The molecule has 2 heterocycles. The fourth-order valence-electron chi connectivity index (χ4n) is 11.2. The Morgan fingerprint density at radius 2 is 1.31 bits per heavy atom. The lowest BCUT2D eigenvalue weighted by Gasteiger charge is -2.58. The maximum Gasteiger partial charge on any atom is 0.249 e. The van der Waals surface area contributed by atoms with Gasteiger partial charge in [-0.1, -0.05) is 20.8 Å². The Hall–Kier alpha value is -1.43. The Balaban J connectivity index is 2.30. The number of allylic oxidation sites excluding steroid dienone is 1. The van der Waals surface area contributed by atoms with Crippen LogP contribution in [0.2, 0.25) is 0 Å². The number of hydrogen-bond acceptors (Lipinski definition) is 13. The molecule has 2 fully saturated rings. The maximum absolute atomic E-state index is 13.7. The Morgan fingerprint density at radius 3 is 1.74 bits per heavy atom. The van der Waals surface area contributed by atoms with Crippen molar-refractivity contribution in [1.29, 1.82) is 0 Å². The van der Waals surface area contributed by atoms with Gasteiger partial charge >= 0.3 is 0 Å². The first kappa shape index (κ1) is 54.9.